The second-order valence-electron chi connectivity index (χ2n) is 4.74. The summed E-state index contributed by atoms with van der Waals surface area (Å²) in [4.78, 5) is 6.31. The van der Waals surface area contributed by atoms with Crippen molar-refractivity contribution in [2.45, 2.75) is 19.1 Å². The van der Waals surface area contributed by atoms with Crippen molar-refractivity contribution in [2.75, 3.05) is 18.2 Å². The minimum atomic E-state index is 0.0844. The van der Waals surface area contributed by atoms with Crippen molar-refractivity contribution in [3.8, 4) is 5.75 Å². The SMILES string of the molecule is c1ccc(OCOC2CCCN2c2ccncc2)cc1. The third kappa shape index (κ3) is 3.08. The Morgan fingerprint density at radius 3 is 2.70 bits per heavy atom. The maximum absolute atomic E-state index is 5.86. The molecule has 0 spiro atoms. The summed E-state index contributed by atoms with van der Waals surface area (Å²) in [7, 11) is 0. The first-order valence-corrected chi connectivity index (χ1v) is 6.89. The molecule has 1 aliphatic rings. The zero-order valence-electron chi connectivity index (χ0n) is 11.3. The van der Waals surface area contributed by atoms with Gasteiger partial charge in [-0.15, -0.1) is 0 Å². The topological polar surface area (TPSA) is 34.6 Å². The molecule has 3 rings (SSSR count). The molecule has 0 amide bonds. The van der Waals surface area contributed by atoms with Gasteiger partial charge in [-0.1, -0.05) is 18.2 Å². The van der Waals surface area contributed by atoms with E-state index in [1.807, 2.05) is 54.9 Å². The smallest absolute Gasteiger partial charge is 0.191 e. The van der Waals surface area contributed by atoms with E-state index in [1.54, 1.807) is 0 Å². The molecule has 1 unspecified atom stereocenters. The maximum Gasteiger partial charge on any atom is 0.191 e. The molecule has 0 radical (unpaired) electrons. The van der Waals surface area contributed by atoms with Gasteiger partial charge >= 0.3 is 0 Å². The van der Waals surface area contributed by atoms with Crippen LogP contribution in [0.5, 0.6) is 5.75 Å². The molecule has 0 bridgehead atoms. The van der Waals surface area contributed by atoms with Gasteiger partial charge in [0, 0.05) is 24.6 Å². The predicted molar refractivity (Wildman–Crippen MR) is 77.6 cm³/mol. The summed E-state index contributed by atoms with van der Waals surface area (Å²) in [5.41, 5.74) is 1.15. The average molecular weight is 270 g/mol. The van der Waals surface area contributed by atoms with Gasteiger partial charge in [-0.25, -0.2) is 0 Å². The molecule has 1 aromatic heterocycles. The molecule has 1 aromatic carbocycles. The molecule has 4 nitrogen and oxygen atoms in total. The van der Waals surface area contributed by atoms with Crippen molar-refractivity contribution in [3.63, 3.8) is 0 Å². The number of para-hydroxylation sites is 1. The lowest BCUT2D eigenvalue weighted by molar-refractivity contribution is -0.0309. The molecule has 1 aliphatic heterocycles. The second kappa shape index (κ2) is 6.39. The number of nitrogens with zero attached hydrogens (tertiary/aromatic N) is 2. The van der Waals surface area contributed by atoms with Gasteiger partial charge in [-0.05, 0) is 37.1 Å². The molecular weight excluding hydrogens is 252 g/mol. The van der Waals surface area contributed by atoms with E-state index in [1.165, 1.54) is 0 Å². The van der Waals surface area contributed by atoms with Gasteiger partial charge in [0.25, 0.3) is 0 Å². The molecule has 104 valence electrons. The summed E-state index contributed by atoms with van der Waals surface area (Å²) in [6, 6.07) is 13.8. The number of pyridine rings is 1. The molecule has 4 heteroatoms. The summed E-state index contributed by atoms with van der Waals surface area (Å²) in [6.45, 7) is 1.29. The van der Waals surface area contributed by atoms with Gasteiger partial charge in [0.15, 0.2) is 6.79 Å². The van der Waals surface area contributed by atoms with Crippen LogP contribution in [0.3, 0.4) is 0 Å². The Labute approximate surface area is 119 Å². The van der Waals surface area contributed by atoms with Gasteiger partial charge in [0.05, 0.1) is 0 Å². The highest BCUT2D eigenvalue weighted by atomic mass is 16.7. The normalized spacial score (nSPS) is 18.2. The third-order valence-electron chi connectivity index (χ3n) is 3.42. The Hall–Kier alpha value is -2.07. The molecule has 1 saturated heterocycles. The standard InChI is InChI=1S/C16H18N2O2/c1-2-5-15(6-3-1)19-13-20-16-7-4-12-18(16)14-8-10-17-11-9-14/h1-3,5-6,8-11,16H,4,7,12-13H2. The van der Waals surface area contributed by atoms with Crippen LogP contribution in [0, 0.1) is 0 Å². The van der Waals surface area contributed by atoms with Crippen LogP contribution >= 0.6 is 0 Å². The minimum Gasteiger partial charge on any atom is -0.467 e. The van der Waals surface area contributed by atoms with E-state index in [0.29, 0.717) is 0 Å². The van der Waals surface area contributed by atoms with Gasteiger partial charge in [0.1, 0.15) is 12.0 Å². The Balaban J connectivity index is 1.54. The van der Waals surface area contributed by atoms with Crippen LogP contribution in [0.1, 0.15) is 12.8 Å². The third-order valence-corrected chi connectivity index (χ3v) is 3.42. The monoisotopic (exact) mass is 270 g/mol. The Morgan fingerprint density at radius 2 is 1.90 bits per heavy atom. The number of aromatic nitrogens is 1. The summed E-state index contributed by atoms with van der Waals surface area (Å²) < 4.78 is 11.4. The van der Waals surface area contributed by atoms with Crippen molar-refractivity contribution >= 4 is 5.69 Å². The fourth-order valence-corrected chi connectivity index (χ4v) is 2.44. The highest BCUT2D eigenvalue weighted by molar-refractivity contribution is 5.46. The largest absolute Gasteiger partial charge is 0.467 e. The number of rotatable bonds is 5. The minimum absolute atomic E-state index is 0.0844. The van der Waals surface area contributed by atoms with Gasteiger partial charge in [-0.3, -0.25) is 4.98 Å². The number of hydrogen-bond donors (Lipinski definition) is 0. The van der Waals surface area contributed by atoms with Crippen LogP contribution in [-0.4, -0.2) is 24.5 Å². The zero-order valence-corrected chi connectivity index (χ0v) is 11.3. The highest BCUT2D eigenvalue weighted by Gasteiger charge is 2.25. The summed E-state index contributed by atoms with van der Waals surface area (Å²) in [5, 5.41) is 0. The highest BCUT2D eigenvalue weighted by Crippen LogP contribution is 2.25. The van der Waals surface area contributed by atoms with E-state index in [9.17, 15) is 0 Å². The lowest BCUT2D eigenvalue weighted by Crippen LogP contribution is -2.32. The molecule has 1 atom stereocenters. The first-order chi connectivity index (χ1) is 9.93. The van der Waals surface area contributed by atoms with E-state index in [2.05, 4.69) is 9.88 Å². The van der Waals surface area contributed by atoms with E-state index in [4.69, 9.17) is 9.47 Å². The molecule has 1 fully saturated rings. The fraction of sp³-hybridized carbons (Fsp3) is 0.312. The number of anilines is 1. The number of benzene rings is 1. The van der Waals surface area contributed by atoms with E-state index >= 15 is 0 Å². The van der Waals surface area contributed by atoms with E-state index in [0.717, 1.165) is 30.8 Å². The fourth-order valence-electron chi connectivity index (χ4n) is 2.44. The lowest BCUT2D eigenvalue weighted by Gasteiger charge is -2.26. The molecule has 2 aromatic rings. The lowest BCUT2D eigenvalue weighted by atomic mass is 10.3. The number of hydrogen-bond acceptors (Lipinski definition) is 4. The van der Waals surface area contributed by atoms with Crippen LogP contribution in [0.4, 0.5) is 5.69 Å². The molecule has 20 heavy (non-hydrogen) atoms. The van der Waals surface area contributed by atoms with Crippen molar-refractivity contribution in [1.82, 2.24) is 4.98 Å². The summed E-state index contributed by atoms with van der Waals surface area (Å²) in [5.74, 6) is 0.834. The Morgan fingerprint density at radius 1 is 1.10 bits per heavy atom. The molecular formula is C16H18N2O2. The van der Waals surface area contributed by atoms with Crippen molar-refractivity contribution in [2.24, 2.45) is 0 Å². The summed E-state index contributed by atoms with van der Waals surface area (Å²) in [6.07, 6.45) is 5.87. The number of ether oxygens (including phenoxy) is 2. The quantitative estimate of drug-likeness (QED) is 0.782. The molecule has 0 aliphatic carbocycles. The van der Waals surface area contributed by atoms with E-state index in [-0.39, 0.29) is 13.0 Å². The van der Waals surface area contributed by atoms with Gasteiger partial charge < -0.3 is 14.4 Å². The maximum atomic E-state index is 5.86. The molecule has 0 N–H and O–H groups in total. The van der Waals surface area contributed by atoms with Crippen molar-refractivity contribution in [1.29, 1.82) is 0 Å². The van der Waals surface area contributed by atoms with Crippen LogP contribution in [0.15, 0.2) is 54.9 Å². The van der Waals surface area contributed by atoms with Crippen molar-refractivity contribution < 1.29 is 9.47 Å². The van der Waals surface area contributed by atoms with Crippen LogP contribution < -0.4 is 9.64 Å². The van der Waals surface area contributed by atoms with Crippen LogP contribution in [0.25, 0.3) is 0 Å². The van der Waals surface area contributed by atoms with Crippen LogP contribution in [-0.2, 0) is 4.74 Å². The van der Waals surface area contributed by atoms with E-state index < -0.39 is 0 Å². The first-order valence-electron chi connectivity index (χ1n) is 6.89. The van der Waals surface area contributed by atoms with Crippen LogP contribution in [0.2, 0.25) is 0 Å². The predicted octanol–water partition coefficient (Wildman–Crippen LogP) is 3.06. The van der Waals surface area contributed by atoms with Crippen molar-refractivity contribution in [3.05, 3.63) is 54.9 Å². The molecule has 0 saturated carbocycles. The Kier molecular flexibility index (Phi) is 4.13. The van der Waals surface area contributed by atoms with Gasteiger partial charge in [0.2, 0.25) is 0 Å². The Bertz CT molecular complexity index is 519. The average Bonchev–Trinajstić information content (AvgIpc) is 2.98. The summed E-state index contributed by atoms with van der Waals surface area (Å²) >= 11 is 0. The van der Waals surface area contributed by atoms with Gasteiger partial charge in [-0.2, -0.15) is 0 Å². The zero-order chi connectivity index (χ0) is 13.6. The second-order valence-corrected chi connectivity index (χ2v) is 4.74. The molecule has 2 heterocycles. The first kappa shape index (κ1) is 12.9.